The SMILES string of the molecule is O=C1CCCC2=C1[C@@H](c1ccc(F)c(Br)c1)n1nccc1N2. The number of Topliss-reactive ketones (excluding diaryl/α,β-unsaturated/α-hetero) is 1. The number of allylic oxidation sites excluding steroid dienone is 2. The molecule has 2 aromatic rings. The molecular weight excluding hydrogens is 349 g/mol. The first-order valence-electron chi connectivity index (χ1n) is 7.17. The number of hydrogen-bond donors (Lipinski definition) is 1. The zero-order valence-electron chi connectivity index (χ0n) is 11.6. The van der Waals surface area contributed by atoms with Crippen molar-refractivity contribution in [3.63, 3.8) is 0 Å². The van der Waals surface area contributed by atoms with Gasteiger partial charge in [-0.15, -0.1) is 0 Å². The first kappa shape index (κ1) is 13.7. The molecule has 112 valence electrons. The summed E-state index contributed by atoms with van der Waals surface area (Å²) < 4.78 is 15.7. The van der Waals surface area contributed by atoms with E-state index < -0.39 is 0 Å². The lowest BCUT2D eigenvalue weighted by Gasteiger charge is -2.33. The predicted octanol–water partition coefficient (Wildman–Crippen LogP) is 3.81. The van der Waals surface area contributed by atoms with Gasteiger partial charge < -0.3 is 5.32 Å². The van der Waals surface area contributed by atoms with Crippen LogP contribution in [0.4, 0.5) is 10.2 Å². The van der Waals surface area contributed by atoms with E-state index in [1.807, 2.05) is 6.07 Å². The van der Waals surface area contributed by atoms with E-state index in [2.05, 4.69) is 26.3 Å². The first-order chi connectivity index (χ1) is 10.6. The number of anilines is 1. The van der Waals surface area contributed by atoms with Crippen LogP contribution in [0.2, 0.25) is 0 Å². The molecule has 0 saturated carbocycles. The van der Waals surface area contributed by atoms with E-state index in [-0.39, 0.29) is 17.6 Å². The average Bonchev–Trinajstić information content (AvgIpc) is 2.96. The molecule has 0 saturated heterocycles. The van der Waals surface area contributed by atoms with Crippen LogP contribution in [0.5, 0.6) is 0 Å². The van der Waals surface area contributed by atoms with Gasteiger partial charge in [0.25, 0.3) is 0 Å². The lowest BCUT2D eigenvalue weighted by atomic mass is 9.85. The maximum absolute atomic E-state index is 13.6. The minimum atomic E-state index is -0.317. The number of fused-ring (bicyclic) bond motifs is 1. The second-order valence-corrected chi connectivity index (χ2v) is 6.39. The normalized spacial score (nSPS) is 20.5. The van der Waals surface area contributed by atoms with Crippen molar-refractivity contribution >= 4 is 27.5 Å². The average molecular weight is 362 g/mol. The van der Waals surface area contributed by atoms with Crippen LogP contribution in [-0.2, 0) is 4.79 Å². The van der Waals surface area contributed by atoms with Crippen LogP contribution >= 0.6 is 15.9 Å². The Balaban J connectivity index is 1.92. The van der Waals surface area contributed by atoms with Gasteiger partial charge in [-0.05, 0) is 46.5 Å². The smallest absolute Gasteiger partial charge is 0.163 e. The topological polar surface area (TPSA) is 46.9 Å². The highest BCUT2D eigenvalue weighted by molar-refractivity contribution is 9.10. The van der Waals surface area contributed by atoms with Gasteiger partial charge in [-0.3, -0.25) is 4.79 Å². The Morgan fingerprint density at radius 2 is 2.18 bits per heavy atom. The number of nitrogens with one attached hydrogen (secondary N) is 1. The molecule has 0 amide bonds. The van der Waals surface area contributed by atoms with Gasteiger partial charge in [0.15, 0.2) is 5.78 Å². The number of carbonyl (C=O) groups excluding carboxylic acids is 1. The Labute approximate surface area is 135 Å². The highest BCUT2D eigenvalue weighted by Gasteiger charge is 2.35. The third-order valence-corrected chi connectivity index (χ3v) is 4.79. The van der Waals surface area contributed by atoms with Crippen molar-refractivity contribution in [2.45, 2.75) is 25.3 Å². The second kappa shape index (κ2) is 5.05. The molecule has 0 fully saturated rings. The summed E-state index contributed by atoms with van der Waals surface area (Å²) in [6.07, 6.45) is 3.97. The summed E-state index contributed by atoms with van der Waals surface area (Å²) in [5, 5.41) is 7.66. The monoisotopic (exact) mass is 361 g/mol. The fraction of sp³-hybridized carbons (Fsp3) is 0.250. The minimum absolute atomic E-state index is 0.139. The summed E-state index contributed by atoms with van der Waals surface area (Å²) in [6, 6.07) is 6.44. The molecule has 1 aliphatic carbocycles. The van der Waals surface area contributed by atoms with Crippen molar-refractivity contribution in [3.05, 3.63) is 57.6 Å². The third kappa shape index (κ3) is 2.01. The van der Waals surface area contributed by atoms with Crippen LogP contribution in [0.1, 0.15) is 30.9 Å². The van der Waals surface area contributed by atoms with E-state index >= 15 is 0 Å². The number of ketones is 1. The molecule has 0 radical (unpaired) electrons. The Kier molecular flexibility index (Phi) is 3.14. The summed E-state index contributed by atoms with van der Waals surface area (Å²) in [6.45, 7) is 0. The molecule has 4 nitrogen and oxygen atoms in total. The Morgan fingerprint density at radius 1 is 1.32 bits per heavy atom. The van der Waals surface area contributed by atoms with Gasteiger partial charge in [0.05, 0.1) is 10.7 Å². The van der Waals surface area contributed by atoms with E-state index in [4.69, 9.17) is 0 Å². The molecule has 1 aliphatic heterocycles. The van der Waals surface area contributed by atoms with Gasteiger partial charge in [-0.2, -0.15) is 5.10 Å². The highest BCUT2D eigenvalue weighted by atomic mass is 79.9. The van der Waals surface area contributed by atoms with Crippen LogP contribution in [0.3, 0.4) is 0 Å². The van der Waals surface area contributed by atoms with Crippen molar-refractivity contribution in [1.29, 1.82) is 0 Å². The molecule has 2 aliphatic rings. The van der Waals surface area contributed by atoms with Crippen LogP contribution in [0, 0.1) is 5.82 Å². The first-order valence-corrected chi connectivity index (χ1v) is 7.96. The fourth-order valence-electron chi connectivity index (χ4n) is 3.20. The lowest BCUT2D eigenvalue weighted by Crippen LogP contribution is -2.31. The van der Waals surface area contributed by atoms with Gasteiger partial charge in [-0.1, -0.05) is 6.07 Å². The molecule has 1 N–H and O–H groups in total. The molecule has 2 heterocycles. The lowest BCUT2D eigenvalue weighted by molar-refractivity contribution is -0.116. The van der Waals surface area contributed by atoms with E-state index in [9.17, 15) is 9.18 Å². The van der Waals surface area contributed by atoms with E-state index in [1.165, 1.54) is 6.07 Å². The Morgan fingerprint density at radius 3 is 3.00 bits per heavy atom. The van der Waals surface area contributed by atoms with Crippen LogP contribution < -0.4 is 5.32 Å². The summed E-state index contributed by atoms with van der Waals surface area (Å²) in [4.78, 5) is 12.5. The predicted molar refractivity (Wildman–Crippen MR) is 84.0 cm³/mol. The number of rotatable bonds is 1. The molecule has 0 bridgehead atoms. The molecular formula is C16H13BrFN3O. The van der Waals surface area contributed by atoms with Gasteiger partial charge in [-0.25, -0.2) is 9.07 Å². The van der Waals surface area contributed by atoms with Crippen molar-refractivity contribution in [2.75, 3.05) is 5.32 Å². The highest BCUT2D eigenvalue weighted by Crippen LogP contribution is 2.40. The molecule has 4 rings (SSSR count). The van der Waals surface area contributed by atoms with Crippen molar-refractivity contribution in [2.24, 2.45) is 0 Å². The van der Waals surface area contributed by atoms with Crippen molar-refractivity contribution in [1.82, 2.24) is 9.78 Å². The molecule has 6 heteroatoms. The van der Waals surface area contributed by atoms with Crippen LogP contribution in [0.25, 0.3) is 0 Å². The van der Waals surface area contributed by atoms with E-state index in [0.717, 1.165) is 35.5 Å². The van der Waals surface area contributed by atoms with E-state index in [0.29, 0.717) is 10.9 Å². The number of aromatic nitrogens is 2. The molecule has 0 unspecified atom stereocenters. The zero-order valence-corrected chi connectivity index (χ0v) is 13.2. The maximum atomic E-state index is 13.6. The fourth-order valence-corrected chi connectivity index (χ4v) is 3.59. The van der Waals surface area contributed by atoms with Gasteiger partial charge in [0, 0.05) is 23.8 Å². The van der Waals surface area contributed by atoms with Gasteiger partial charge in [0.1, 0.15) is 17.7 Å². The van der Waals surface area contributed by atoms with Crippen molar-refractivity contribution < 1.29 is 9.18 Å². The van der Waals surface area contributed by atoms with Gasteiger partial charge >= 0.3 is 0 Å². The van der Waals surface area contributed by atoms with Crippen LogP contribution in [-0.4, -0.2) is 15.6 Å². The zero-order chi connectivity index (χ0) is 15.3. The summed E-state index contributed by atoms with van der Waals surface area (Å²) >= 11 is 3.23. The summed E-state index contributed by atoms with van der Waals surface area (Å²) in [5.74, 6) is 0.682. The van der Waals surface area contributed by atoms with Crippen LogP contribution in [0.15, 0.2) is 46.2 Å². The van der Waals surface area contributed by atoms with E-state index in [1.54, 1.807) is 23.0 Å². The number of halogens is 2. The Bertz CT molecular complexity index is 811. The minimum Gasteiger partial charge on any atom is -0.343 e. The maximum Gasteiger partial charge on any atom is 0.163 e. The number of carbonyl (C=O) groups is 1. The Hall–Kier alpha value is -1.95. The molecule has 22 heavy (non-hydrogen) atoms. The molecule has 1 atom stereocenters. The summed E-state index contributed by atoms with van der Waals surface area (Å²) in [5.41, 5.74) is 2.57. The number of hydrogen-bond acceptors (Lipinski definition) is 3. The van der Waals surface area contributed by atoms with Gasteiger partial charge in [0.2, 0.25) is 0 Å². The van der Waals surface area contributed by atoms with Crippen molar-refractivity contribution in [3.8, 4) is 0 Å². The third-order valence-electron chi connectivity index (χ3n) is 4.18. The summed E-state index contributed by atoms with van der Waals surface area (Å²) in [7, 11) is 0. The number of benzene rings is 1. The quantitative estimate of drug-likeness (QED) is 0.839. The second-order valence-electron chi connectivity index (χ2n) is 5.53. The largest absolute Gasteiger partial charge is 0.343 e. The molecule has 1 aromatic carbocycles. The standard InChI is InChI=1S/C16H13BrFN3O/c17-10-8-9(4-5-11(10)18)16-15-12(2-1-3-13(15)22)20-14-6-7-19-21(14)16/h4-8,16,20H,1-3H2/t16-/m1/s1. The molecule has 1 aromatic heterocycles. The number of nitrogens with zero attached hydrogens (tertiary/aromatic N) is 2. The molecule has 0 spiro atoms.